The molecular weight excluding hydrogens is 390 g/mol. The maximum absolute atomic E-state index is 12.3. The van der Waals surface area contributed by atoms with Gasteiger partial charge in [0.2, 0.25) is 0 Å². The van der Waals surface area contributed by atoms with E-state index in [1.165, 1.54) is 17.7 Å². The van der Waals surface area contributed by atoms with Crippen molar-refractivity contribution in [2.75, 3.05) is 12.4 Å². The number of ether oxygens (including phenoxy) is 1. The van der Waals surface area contributed by atoms with E-state index in [1.54, 1.807) is 12.1 Å². The van der Waals surface area contributed by atoms with Gasteiger partial charge in [-0.1, -0.05) is 35.9 Å². The van der Waals surface area contributed by atoms with Crippen LogP contribution >= 0.6 is 0 Å². The molecule has 0 heterocycles. The van der Waals surface area contributed by atoms with Gasteiger partial charge in [0.25, 0.3) is 5.91 Å². The summed E-state index contributed by atoms with van der Waals surface area (Å²) in [6, 6.07) is 12.1. The molecule has 0 unspecified atom stereocenters. The molecule has 0 aliphatic carbocycles. The molecule has 0 saturated carbocycles. The van der Waals surface area contributed by atoms with Crippen LogP contribution in [0.1, 0.15) is 41.6 Å². The van der Waals surface area contributed by atoms with Crippen LogP contribution in [0.15, 0.2) is 47.4 Å². The topological polar surface area (TPSA) is 89.5 Å². The largest absolute Gasteiger partial charge is 0.456 e. The summed E-state index contributed by atoms with van der Waals surface area (Å²) in [5.41, 5.74) is 4.20. The molecule has 0 bridgehead atoms. The molecular formula is C22H27NO5S. The van der Waals surface area contributed by atoms with Gasteiger partial charge >= 0.3 is 5.97 Å². The Balaban J connectivity index is 1.80. The SMILES string of the molecule is Cc1ccc(S(=O)(=O)CCC(=O)OCC(=O)N[C@H](C)c2ccc(C)c(C)c2)cc1. The predicted octanol–water partition coefficient (Wildman–Crippen LogP) is 3.20. The lowest BCUT2D eigenvalue weighted by atomic mass is 10.0. The molecule has 1 amide bonds. The molecule has 2 aromatic carbocycles. The summed E-state index contributed by atoms with van der Waals surface area (Å²) in [6.45, 7) is 7.27. The van der Waals surface area contributed by atoms with Gasteiger partial charge < -0.3 is 10.1 Å². The minimum atomic E-state index is -3.57. The molecule has 0 spiro atoms. The summed E-state index contributed by atoms with van der Waals surface area (Å²) in [4.78, 5) is 24.0. The molecule has 7 heteroatoms. The minimum absolute atomic E-state index is 0.163. The number of benzene rings is 2. The van der Waals surface area contributed by atoms with Gasteiger partial charge in [-0.25, -0.2) is 8.42 Å². The third kappa shape index (κ3) is 6.71. The number of carbonyl (C=O) groups excluding carboxylic acids is 2. The van der Waals surface area contributed by atoms with Crippen LogP contribution < -0.4 is 5.32 Å². The first-order chi connectivity index (χ1) is 13.6. The monoisotopic (exact) mass is 417 g/mol. The molecule has 0 aliphatic heterocycles. The van der Waals surface area contributed by atoms with Crippen molar-refractivity contribution < 1.29 is 22.7 Å². The fraction of sp³-hybridized carbons (Fsp3) is 0.364. The van der Waals surface area contributed by atoms with Crippen molar-refractivity contribution >= 4 is 21.7 Å². The summed E-state index contributed by atoms with van der Waals surface area (Å²) < 4.78 is 29.4. The molecule has 0 radical (unpaired) electrons. The van der Waals surface area contributed by atoms with Crippen molar-refractivity contribution in [2.45, 2.75) is 45.1 Å². The second-order valence-corrected chi connectivity index (χ2v) is 9.28. The van der Waals surface area contributed by atoms with Crippen LogP contribution in [0.25, 0.3) is 0 Å². The number of hydrogen-bond donors (Lipinski definition) is 1. The van der Waals surface area contributed by atoms with E-state index in [0.29, 0.717) is 0 Å². The molecule has 6 nitrogen and oxygen atoms in total. The predicted molar refractivity (Wildman–Crippen MR) is 111 cm³/mol. The highest BCUT2D eigenvalue weighted by molar-refractivity contribution is 7.91. The number of aryl methyl sites for hydroxylation is 3. The highest BCUT2D eigenvalue weighted by Crippen LogP contribution is 2.17. The van der Waals surface area contributed by atoms with Crippen LogP contribution in [0.5, 0.6) is 0 Å². The molecule has 156 valence electrons. The zero-order valence-corrected chi connectivity index (χ0v) is 18.0. The van der Waals surface area contributed by atoms with E-state index < -0.39 is 28.3 Å². The van der Waals surface area contributed by atoms with Crippen LogP contribution in [-0.4, -0.2) is 32.7 Å². The minimum Gasteiger partial charge on any atom is -0.456 e. The number of hydrogen-bond acceptors (Lipinski definition) is 5. The summed E-state index contributed by atoms with van der Waals surface area (Å²) in [5.74, 6) is -1.53. The maximum Gasteiger partial charge on any atom is 0.307 e. The van der Waals surface area contributed by atoms with Crippen molar-refractivity contribution in [3.63, 3.8) is 0 Å². The highest BCUT2D eigenvalue weighted by Gasteiger charge is 2.18. The number of esters is 1. The molecule has 0 aliphatic rings. The van der Waals surface area contributed by atoms with Crippen LogP contribution in [-0.2, 0) is 24.2 Å². The normalized spacial score (nSPS) is 12.3. The Hall–Kier alpha value is -2.67. The van der Waals surface area contributed by atoms with Crippen LogP contribution in [0.4, 0.5) is 0 Å². The molecule has 0 fully saturated rings. The quantitative estimate of drug-likeness (QED) is 0.666. The van der Waals surface area contributed by atoms with E-state index in [-0.39, 0.29) is 23.1 Å². The van der Waals surface area contributed by atoms with Crippen molar-refractivity contribution in [3.05, 3.63) is 64.7 Å². The number of amides is 1. The fourth-order valence-corrected chi connectivity index (χ4v) is 3.92. The number of nitrogens with one attached hydrogen (secondary N) is 1. The van der Waals surface area contributed by atoms with E-state index in [1.807, 2.05) is 45.9 Å². The average molecular weight is 418 g/mol. The lowest BCUT2D eigenvalue weighted by Gasteiger charge is -2.15. The van der Waals surface area contributed by atoms with Crippen molar-refractivity contribution in [1.82, 2.24) is 5.32 Å². The first-order valence-corrected chi connectivity index (χ1v) is 11.1. The van der Waals surface area contributed by atoms with Crippen LogP contribution in [0.3, 0.4) is 0 Å². The summed E-state index contributed by atoms with van der Waals surface area (Å²) in [7, 11) is -3.57. The van der Waals surface area contributed by atoms with Gasteiger partial charge in [0.15, 0.2) is 16.4 Å². The highest BCUT2D eigenvalue weighted by atomic mass is 32.2. The van der Waals surface area contributed by atoms with Crippen molar-refractivity contribution in [1.29, 1.82) is 0 Å². The Morgan fingerprint density at radius 1 is 1.00 bits per heavy atom. The second kappa shape index (κ2) is 9.69. The lowest BCUT2D eigenvalue weighted by molar-refractivity contribution is -0.148. The van der Waals surface area contributed by atoms with E-state index >= 15 is 0 Å². The number of sulfone groups is 1. The van der Waals surface area contributed by atoms with Gasteiger partial charge in [-0.3, -0.25) is 9.59 Å². The Labute approximate surface area is 172 Å². The van der Waals surface area contributed by atoms with E-state index in [9.17, 15) is 18.0 Å². The van der Waals surface area contributed by atoms with Gasteiger partial charge in [-0.15, -0.1) is 0 Å². The second-order valence-electron chi connectivity index (χ2n) is 7.18. The summed E-state index contributed by atoms with van der Waals surface area (Å²) in [5, 5.41) is 2.77. The lowest BCUT2D eigenvalue weighted by Crippen LogP contribution is -2.31. The zero-order valence-electron chi connectivity index (χ0n) is 17.2. The summed E-state index contributed by atoms with van der Waals surface area (Å²) in [6.07, 6.45) is -0.309. The maximum atomic E-state index is 12.3. The molecule has 0 aromatic heterocycles. The first kappa shape index (κ1) is 22.6. The number of carbonyl (C=O) groups is 2. The Morgan fingerprint density at radius 2 is 1.66 bits per heavy atom. The van der Waals surface area contributed by atoms with E-state index in [4.69, 9.17) is 4.74 Å². The molecule has 1 N–H and O–H groups in total. The fourth-order valence-electron chi connectivity index (χ4n) is 2.70. The first-order valence-electron chi connectivity index (χ1n) is 9.40. The smallest absolute Gasteiger partial charge is 0.307 e. The molecule has 2 rings (SSSR count). The van der Waals surface area contributed by atoms with Crippen LogP contribution in [0.2, 0.25) is 0 Å². The van der Waals surface area contributed by atoms with Gasteiger partial charge in [-0.05, 0) is 56.5 Å². The third-order valence-electron chi connectivity index (χ3n) is 4.73. The Kier molecular flexibility index (Phi) is 7.56. The zero-order chi connectivity index (χ0) is 21.6. The van der Waals surface area contributed by atoms with E-state index in [0.717, 1.165) is 16.7 Å². The van der Waals surface area contributed by atoms with Gasteiger partial charge in [0, 0.05) is 0 Å². The molecule has 1 atom stereocenters. The standard InChI is InChI=1S/C22H27NO5S/c1-15-5-9-20(10-6-15)29(26,27)12-11-22(25)28-14-21(24)23-18(4)19-8-7-16(2)17(3)13-19/h5-10,13,18H,11-12,14H2,1-4H3,(H,23,24)/t18-/m1/s1. The van der Waals surface area contributed by atoms with Crippen LogP contribution in [0, 0.1) is 20.8 Å². The van der Waals surface area contributed by atoms with Gasteiger partial charge in [0.1, 0.15) is 0 Å². The molecule has 29 heavy (non-hydrogen) atoms. The van der Waals surface area contributed by atoms with Crippen molar-refractivity contribution in [2.24, 2.45) is 0 Å². The van der Waals surface area contributed by atoms with Gasteiger partial charge in [-0.2, -0.15) is 0 Å². The van der Waals surface area contributed by atoms with E-state index in [2.05, 4.69) is 5.32 Å². The molecule has 2 aromatic rings. The molecule has 0 saturated heterocycles. The third-order valence-corrected chi connectivity index (χ3v) is 6.46. The summed E-state index contributed by atoms with van der Waals surface area (Å²) >= 11 is 0. The van der Waals surface area contributed by atoms with Gasteiger partial charge in [0.05, 0.1) is 23.1 Å². The Morgan fingerprint density at radius 3 is 2.28 bits per heavy atom. The average Bonchev–Trinajstić information content (AvgIpc) is 2.67. The number of rotatable bonds is 8. The van der Waals surface area contributed by atoms with Crippen molar-refractivity contribution in [3.8, 4) is 0 Å². The Bertz CT molecular complexity index is 981.